The standard InChI is InChI=1S/C18H28N2O3.2ClH/c1-21-15-12-17(23-3)16(22-2)11-14(15)18(13-5-4-6-13)20-9-7-19-8-10-20;;/h11-13,18-19H,4-10H2,1-3H3;2*1H/t18-;;/m1../s1. The smallest absolute Gasteiger partial charge is 0.164 e. The van der Waals surface area contributed by atoms with Crippen LogP contribution in [0.25, 0.3) is 0 Å². The number of piperazine rings is 1. The summed E-state index contributed by atoms with van der Waals surface area (Å²) in [6.07, 6.45) is 3.93. The van der Waals surface area contributed by atoms with Gasteiger partial charge in [-0.05, 0) is 24.8 Å². The highest BCUT2D eigenvalue weighted by Gasteiger charge is 2.35. The van der Waals surface area contributed by atoms with Gasteiger partial charge in [0.05, 0.1) is 21.3 Å². The molecule has 1 aromatic rings. The van der Waals surface area contributed by atoms with Gasteiger partial charge in [0.2, 0.25) is 0 Å². The topological polar surface area (TPSA) is 43.0 Å². The maximum atomic E-state index is 5.70. The van der Waals surface area contributed by atoms with E-state index in [0.29, 0.717) is 12.0 Å². The van der Waals surface area contributed by atoms with Gasteiger partial charge < -0.3 is 19.5 Å². The molecule has 5 nitrogen and oxygen atoms in total. The van der Waals surface area contributed by atoms with Crippen LogP contribution in [-0.2, 0) is 0 Å². The van der Waals surface area contributed by atoms with Gasteiger partial charge in [-0.1, -0.05) is 6.42 Å². The number of methoxy groups -OCH3 is 3. The van der Waals surface area contributed by atoms with E-state index in [0.717, 1.165) is 43.4 Å². The molecule has 0 aromatic heterocycles. The van der Waals surface area contributed by atoms with Gasteiger partial charge in [-0.3, -0.25) is 4.90 Å². The van der Waals surface area contributed by atoms with Crippen molar-refractivity contribution < 1.29 is 14.2 Å². The Bertz CT molecular complexity index is 535. The van der Waals surface area contributed by atoms with Crippen LogP contribution >= 0.6 is 24.8 Å². The normalized spacial score (nSPS) is 19.0. The Labute approximate surface area is 163 Å². The SMILES string of the molecule is COc1cc(OC)c([C@@H](C2CCC2)N2CCNCC2)cc1OC.Cl.Cl. The second-order valence-corrected chi connectivity index (χ2v) is 6.37. The van der Waals surface area contributed by atoms with Crippen molar-refractivity contribution in [3.8, 4) is 17.2 Å². The summed E-state index contributed by atoms with van der Waals surface area (Å²) in [5.74, 6) is 3.11. The molecule has 1 aromatic carbocycles. The van der Waals surface area contributed by atoms with Gasteiger partial charge in [0.1, 0.15) is 5.75 Å². The minimum atomic E-state index is 0. The number of ether oxygens (including phenoxy) is 3. The molecule has 2 aliphatic rings. The maximum absolute atomic E-state index is 5.70. The summed E-state index contributed by atoms with van der Waals surface area (Å²) >= 11 is 0. The van der Waals surface area contributed by atoms with E-state index in [9.17, 15) is 0 Å². The van der Waals surface area contributed by atoms with Crippen LogP contribution < -0.4 is 19.5 Å². The first kappa shape index (κ1) is 22.2. The number of nitrogens with one attached hydrogen (secondary N) is 1. The molecule has 0 bridgehead atoms. The lowest BCUT2D eigenvalue weighted by molar-refractivity contribution is 0.0816. The van der Waals surface area contributed by atoms with Crippen LogP contribution in [0.15, 0.2) is 12.1 Å². The molecule has 1 N–H and O–H groups in total. The highest BCUT2D eigenvalue weighted by molar-refractivity contribution is 5.85. The predicted molar refractivity (Wildman–Crippen MR) is 105 cm³/mol. The first-order valence-electron chi connectivity index (χ1n) is 8.53. The van der Waals surface area contributed by atoms with Crippen molar-refractivity contribution in [2.75, 3.05) is 47.5 Å². The number of hydrogen-bond donors (Lipinski definition) is 1. The molecule has 1 saturated carbocycles. The van der Waals surface area contributed by atoms with Crippen LogP contribution in [0, 0.1) is 5.92 Å². The molecule has 0 radical (unpaired) electrons. The largest absolute Gasteiger partial charge is 0.496 e. The van der Waals surface area contributed by atoms with Crippen molar-refractivity contribution in [2.45, 2.75) is 25.3 Å². The first-order chi connectivity index (χ1) is 11.3. The lowest BCUT2D eigenvalue weighted by Crippen LogP contribution is -2.47. The number of benzene rings is 1. The molecule has 7 heteroatoms. The van der Waals surface area contributed by atoms with Gasteiger partial charge >= 0.3 is 0 Å². The Morgan fingerprint density at radius 1 is 0.920 bits per heavy atom. The fourth-order valence-corrected chi connectivity index (χ4v) is 3.75. The number of halogens is 2. The van der Waals surface area contributed by atoms with Crippen LogP contribution in [0.1, 0.15) is 30.9 Å². The van der Waals surface area contributed by atoms with E-state index in [1.54, 1.807) is 21.3 Å². The van der Waals surface area contributed by atoms with Crippen LogP contribution in [0.3, 0.4) is 0 Å². The van der Waals surface area contributed by atoms with E-state index in [2.05, 4.69) is 16.3 Å². The predicted octanol–water partition coefficient (Wildman–Crippen LogP) is 3.30. The van der Waals surface area contributed by atoms with Gasteiger partial charge in [-0.15, -0.1) is 24.8 Å². The number of rotatable bonds is 6. The van der Waals surface area contributed by atoms with Gasteiger partial charge in [-0.25, -0.2) is 0 Å². The molecule has 1 atom stereocenters. The molecule has 1 aliphatic heterocycles. The lowest BCUT2D eigenvalue weighted by Gasteiger charge is -2.43. The maximum Gasteiger partial charge on any atom is 0.164 e. The highest BCUT2D eigenvalue weighted by atomic mass is 35.5. The Hall–Kier alpha value is -0.880. The van der Waals surface area contributed by atoms with Crippen molar-refractivity contribution in [3.05, 3.63) is 17.7 Å². The molecule has 3 rings (SSSR count). The van der Waals surface area contributed by atoms with E-state index < -0.39 is 0 Å². The van der Waals surface area contributed by atoms with E-state index >= 15 is 0 Å². The highest BCUT2D eigenvalue weighted by Crippen LogP contribution is 2.47. The molecule has 25 heavy (non-hydrogen) atoms. The molecule has 1 aliphatic carbocycles. The Morgan fingerprint density at radius 2 is 1.48 bits per heavy atom. The van der Waals surface area contributed by atoms with Crippen LogP contribution in [0.5, 0.6) is 17.2 Å². The van der Waals surface area contributed by atoms with E-state index in [1.165, 1.54) is 24.8 Å². The minimum absolute atomic E-state index is 0. The average molecular weight is 393 g/mol. The van der Waals surface area contributed by atoms with Gasteiger partial charge in [0, 0.05) is 43.9 Å². The van der Waals surface area contributed by atoms with Crippen molar-refractivity contribution in [2.24, 2.45) is 5.92 Å². The van der Waals surface area contributed by atoms with E-state index in [1.807, 2.05) is 6.07 Å². The summed E-state index contributed by atoms with van der Waals surface area (Å²) in [7, 11) is 5.09. The number of nitrogens with zero attached hydrogens (tertiary/aromatic N) is 1. The minimum Gasteiger partial charge on any atom is -0.496 e. The number of hydrogen-bond acceptors (Lipinski definition) is 5. The van der Waals surface area contributed by atoms with Crippen molar-refractivity contribution >= 4 is 24.8 Å². The molecule has 1 saturated heterocycles. The van der Waals surface area contributed by atoms with Crippen molar-refractivity contribution in [1.29, 1.82) is 0 Å². The summed E-state index contributed by atoms with van der Waals surface area (Å²) in [6, 6.07) is 4.48. The third kappa shape index (κ3) is 4.64. The Balaban J connectivity index is 0.00000156. The molecular formula is C18H30Cl2N2O3. The summed E-state index contributed by atoms with van der Waals surface area (Å²) in [6.45, 7) is 4.27. The van der Waals surface area contributed by atoms with Gasteiger partial charge in [0.15, 0.2) is 11.5 Å². The average Bonchev–Trinajstić information content (AvgIpc) is 2.57. The van der Waals surface area contributed by atoms with Gasteiger partial charge in [-0.2, -0.15) is 0 Å². The molecule has 0 amide bonds. The molecule has 2 fully saturated rings. The quantitative estimate of drug-likeness (QED) is 0.804. The molecule has 1 heterocycles. The zero-order valence-electron chi connectivity index (χ0n) is 15.2. The molecule has 0 spiro atoms. The van der Waals surface area contributed by atoms with E-state index in [4.69, 9.17) is 14.2 Å². The van der Waals surface area contributed by atoms with Crippen LogP contribution in [0.4, 0.5) is 0 Å². The van der Waals surface area contributed by atoms with Crippen LogP contribution in [-0.4, -0.2) is 52.4 Å². The second-order valence-electron chi connectivity index (χ2n) is 6.37. The Kier molecular flexibility index (Phi) is 9.14. The third-order valence-electron chi connectivity index (χ3n) is 5.20. The fourth-order valence-electron chi connectivity index (χ4n) is 3.75. The summed E-state index contributed by atoms with van der Waals surface area (Å²) in [4.78, 5) is 2.60. The van der Waals surface area contributed by atoms with Crippen LogP contribution in [0.2, 0.25) is 0 Å². The zero-order valence-corrected chi connectivity index (χ0v) is 16.9. The first-order valence-corrected chi connectivity index (χ1v) is 8.53. The summed E-state index contributed by atoms with van der Waals surface area (Å²) in [5, 5.41) is 3.45. The molecule has 144 valence electrons. The summed E-state index contributed by atoms with van der Waals surface area (Å²) in [5.41, 5.74) is 1.23. The second kappa shape index (κ2) is 10.3. The fraction of sp³-hybridized carbons (Fsp3) is 0.667. The third-order valence-corrected chi connectivity index (χ3v) is 5.20. The Morgan fingerprint density at radius 3 is 1.96 bits per heavy atom. The lowest BCUT2D eigenvalue weighted by atomic mass is 9.76. The molecular weight excluding hydrogens is 363 g/mol. The summed E-state index contributed by atoms with van der Waals surface area (Å²) < 4.78 is 16.7. The monoisotopic (exact) mass is 392 g/mol. The molecule has 0 unspecified atom stereocenters. The van der Waals surface area contributed by atoms with Crippen molar-refractivity contribution in [1.82, 2.24) is 10.2 Å². The van der Waals surface area contributed by atoms with Gasteiger partial charge in [0.25, 0.3) is 0 Å². The zero-order chi connectivity index (χ0) is 16.2. The van der Waals surface area contributed by atoms with E-state index in [-0.39, 0.29) is 24.8 Å². The van der Waals surface area contributed by atoms with Crippen molar-refractivity contribution in [3.63, 3.8) is 0 Å².